The summed E-state index contributed by atoms with van der Waals surface area (Å²) in [4.78, 5) is 34.5. The van der Waals surface area contributed by atoms with E-state index in [0.717, 1.165) is 11.0 Å². The Kier molecular flexibility index (Phi) is 5.61. The highest BCUT2D eigenvalue weighted by Crippen LogP contribution is 2.17. The highest BCUT2D eigenvalue weighted by atomic mass is 16.5. The summed E-state index contributed by atoms with van der Waals surface area (Å²) in [6.45, 7) is 5.61. The Morgan fingerprint density at radius 3 is 2.65 bits per heavy atom. The van der Waals surface area contributed by atoms with Gasteiger partial charge in [0, 0.05) is 12.5 Å². The molecule has 6 heteroatoms. The lowest BCUT2D eigenvalue weighted by Gasteiger charge is -2.19. The largest absolute Gasteiger partial charge is 0.467 e. The number of hydrogen-bond acceptors (Lipinski definition) is 5. The summed E-state index contributed by atoms with van der Waals surface area (Å²) in [7, 11) is 1.28. The van der Waals surface area contributed by atoms with Crippen LogP contribution in [0, 0.1) is 12.8 Å². The summed E-state index contributed by atoms with van der Waals surface area (Å²) in [5.74, 6) is -0.308. The van der Waals surface area contributed by atoms with Gasteiger partial charge in [0.15, 0.2) is 6.04 Å². The maximum atomic E-state index is 12.0. The standard InChI is InChI=1S/C14H20N2O4/c1-9(2)7-12(14(19)20-4)16-13(18)8-10(3)11(15-16)5-6-17/h6,8-9,12H,5,7H2,1-4H3/t12-/m0/s1. The average Bonchev–Trinajstić information content (AvgIpc) is 2.38. The first kappa shape index (κ1) is 16.1. The van der Waals surface area contributed by atoms with E-state index in [1.807, 2.05) is 13.8 Å². The fraction of sp³-hybridized carbons (Fsp3) is 0.571. The quantitative estimate of drug-likeness (QED) is 0.575. The summed E-state index contributed by atoms with van der Waals surface area (Å²) in [6, 6.07) is 0.626. The summed E-state index contributed by atoms with van der Waals surface area (Å²) in [5.41, 5.74) is 0.775. The molecule has 0 radical (unpaired) electrons. The van der Waals surface area contributed by atoms with Gasteiger partial charge in [-0.05, 0) is 24.8 Å². The monoisotopic (exact) mass is 280 g/mol. The van der Waals surface area contributed by atoms with Crippen molar-refractivity contribution in [3.63, 3.8) is 0 Å². The van der Waals surface area contributed by atoms with Crippen molar-refractivity contribution >= 4 is 12.3 Å². The highest BCUT2D eigenvalue weighted by molar-refractivity contribution is 5.73. The highest BCUT2D eigenvalue weighted by Gasteiger charge is 2.25. The number of ether oxygens (including phenoxy) is 1. The molecule has 0 spiro atoms. The Morgan fingerprint density at radius 2 is 2.15 bits per heavy atom. The van der Waals surface area contributed by atoms with Gasteiger partial charge in [-0.25, -0.2) is 9.48 Å². The maximum Gasteiger partial charge on any atom is 0.330 e. The molecular weight excluding hydrogens is 260 g/mol. The van der Waals surface area contributed by atoms with Crippen molar-refractivity contribution in [1.29, 1.82) is 0 Å². The third-order valence-electron chi connectivity index (χ3n) is 2.99. The Hall–Kier alpha value is -1.98. The van der Waals surface area contributed by atoms with Gasteiger partial charge in [0.05, 0.1) is 12.8 Å². The summed E-state index contributed by atoms with van der Waals surface area (Å²) in [6.07, 6.45) is 1.28. The number of nitrogens with zero attached hydrogens (tertiary/aromatic N) is 2. The molecule has 0 saturated heterocycles. The molecular formula is C14H20N2O4. The Bertz CT molecular complexity index is 549. The van der Waals surface area contributed by atoms with Gasteiger partial charge in [-0.1, -0.05) is 13.8 Å². The van der Waals surface area contributed by atoms with Crippen LogP contribution in [0.5, 0.6) is 0 Å². The molecule has 0 unspecified atom stereocenters. The summed E-state index contributed by atoms with van der Waals surface area (Å²) < 4.78 is 5.87. The normalized spacial score (nSPS) is 12.2. The van der Waals surface area contributed by atoms with E-state index in [0.29, 0.717) is 17.7 Å². The number of aldehydes is 1. The predicted molar refractivity (Wildman–Crippen MR) is 73.5 cm³/mol. The van der Waals surface area contributed by atoms with E-state index in [4.69, 9.17) is 4.74 Å². The van der Waals surface area contributed by atoms with Crippen molar-refractivity contribution in [1.82, 2.24) is 9.78 Å². The molecule has 0 aliphatic heterocycles. The van der Waals surface area contributed by atoms with Crippen LogP contribution in [0.4, 0.5) is 0 Å². The maximum absolute atomic E-state index is 12.0. The van der Waals surface area contributed by atoms with E-state index < -0.39 is 12.0 Å². The summed E-state index contributed by atoms with van der Waals surface area (Å²) in [5, 5.41) is 4.16. The van der Waals surface area contributed by atoms with Crippen molar-refractivity contribution in [2.24, 2.45) is 5.92 Å². The zero-order valence-electron chi connectivity index (χ0n) is 12.3. The molecule has 0 aliphatic carbocycles. The number of methoxy groups -OCH3 is 1. The first-order valence-corrected chi connectivity index (χ1v) is 6.51. The van der Waals surface area contributed by atoms with Gasteiger partial charge in [-0.3, -0.25) is 4.79 Å². The van der Waals surface area contributed by atoms with Crippen molar-refractivity contribution in [3.8, 4) is 0 Å². The number of aryl methyl sites for hydroxylation is 1. The van der Waals surface area contributed by atoms with Crippen LogP contribution in [0.3, 0.4) is 0 Å². The zero-order valence-corrected chi connectivity index (χ0v) is 12.3. The number of rotatable bonds is 6. The second-order valence-electron chi connectivity index (χ2n) is 5.10. The Labute approximate surface area is 117 Å². The minimum Gasteiger partial charge on any atom is -0.467 e. The van der Waals surface area contributed by atoms with Crippen molar-refractivity contribution < 1.29 is 14.3 Å². The molecule has 0 saturated carbocycles. The SMILES string of the molecule is COC(=O)[C@H](CC(C)C)n1nc(CC=O)c(C)cc1=O. The lowest BCUT2D eigenvalue weighted by molar-refractivity contribution is -0.145. The first-order valence-electron chi connectivity index (χ1n) is 6.51. The van der Waals surface area contributed by atoms with E-state index in [1.165, 1.54) is 13.2 Å². The van der Waals surface area contributed by atoms with Gasteiger partial charge in [0.1, 0.15) is 6.29 Å². The van der Waals surface area contributed by atoms with Gasteiger partial charge in [-0.15, -0.1) is 0 Å². The first-order chi connectivity index (χ1) is 9.40. The Morgan fingerprint density at radius 1 is 1.50 bits per heavy atom. The molecule has 1 rings (SSSR count). The van der Waals surface area contributed by atoms with Crippen LogP contribution in [-0.2, 0) is 20.7 Å². The van der Waals surface area contributed by atoms with E-state index in [1.54, 1.807) is 6.92 Å². The molecule has 0 amide bonds. The second kappa shape index (κ2) is 6.98. The van der Waals surface area contributed by atoms with Gasteiger partial charge >= 0.3 is 5.97 Å². The fourth-order valence-corrected chi connectivity index (χ4v) is 1.98. The number of hydrogen-bond donors (Lipinski definition) is 0. The van der Waals surface area contributed by atoms with Crippen LogP contribution < -0.4 is 5.56 Å². The number of carbonyl (C=O) groups excluding carboxylic acids is 2. The van der Waals surface area contributed by atoms with Gasteiger partial charge in [0.25, 0.3) is 5.56 Å². The lowest BCUT2D eigenvalue weighted by Crippen LogP contribution is -2.34. The van der Waals surface area contributed by atoms with E-state index >= 15 is 0 Å². The van der Waals surface area contributed by atoms with Crippen LogP contribution in [-0.4, -0.2) is 29.1 Å². The van der Waals surface area contributed by atoms with Gasteiger partial charge < -0.3 is 9.53 Å². The molecule has 1 aromatic heterocycles. The minimum absolute atomic E-state index is 0.113. The average molecular weight is 280 g/mol. The molecule has 1 aromatic rings. The predicted octanol–water partition coefficient (Wildman–Crippen LogP) is 1.05. The number of esters is 1. The molecule has 110 valence electrons. The van der Waals surface area contributed by atoms with Crippen molar-refractivity contribution in [2.75, 3.05) is 7.11 Å². The van der Waals surface area contributed by atoms with Crippen LogP contribution in [0.25, 0.3) is 0 Å². The fourth-order valence-electron chi connectivity index (χ4n) is 1.98. The van der Waals surface area contributed by atoms with Gasteiger partial charge in [-0.2, -0.15) is 5.10 Å². The van der Waals surface area contributed by atoms with E-state index in [-0.39, 0.29) is 17.9 Å². The lowest BCUT2D eigenvalue weighted by atomic mass is 10.0. The molecule has 20 heavy (non-hydrogen) atoms. The number of aromatic nitrogens is 2. The molecule has 6 nitrogen and oxygen atoms in total. The van der Waals surface area contributed by atoms with E-state index in [9.17, 15) is 14.4 Å². The smallest absolute Gasteiger partial charge is 0.330 e. The van der Waals surface area contributed by atoms with Crippen molar-refractivity contribution in [3.05, 3.63) is 27.7 Å². The van der Waals surface area contributed by atoms with Crippen LogP contribution in [0.1, 0.15) is 37.6 Å². The zero-order chi connectivity index (χ0) is 15.3. The minimum atomic E-state index is -0.765. The van der Waals surface area contributed by atoms with Crippen LogP contribution >= 0.6 is 0 Å². The molecule has 1 atom stereocenters. The Balaban J connectivity index is 3.31. The van der Waals surface area contributed by atoms with E-state index in [2.05, 4.69) is 5.10 Å². The van der Waals surface area contributed by atoms with Gasteiger partial charge in [0.2, 0.25) is 0 Å². The van der Waals surface area contributed by atoms with Crippen molar-refractivity contribution in [2.45, 2.75) is 39.7 Å². The van der Waals surface area contributed by atoms with Crippen LogP contribution in [0.2, 0.25) is 0 Å². The molecule has 0 fully saturated rings. The third-order valence-corrected chi connectivity index (χ3v) is 2.99. The second-order valence-corrected chi connectivity index (χ2v) is 5.10. The topological polar surface area (TPSA) is 78.3 Å². The van der Waals surface area contributed by atoms with Crippen LogP contribution in [0.15, 0.2) is 10.9 Å². The molecule has 0 aliphatic rings. The molecule has 0 aromatic carbocycles. The molecule has 0 bridgehead atoms. The molecule has 1 heterocycles. The molecule has 0 N–H and O–H groups in total. The third kappa shape index (κ3) is 3.76. The summed E-state index contributed by atoms with van der Waals surface area (Å²) >= 11 is 0. The number of carbonyl (C=O) groups is 2.